The van der Waals surface area contributed by atoms with E-state index in [4.69, 9.17) is 14.3 Å². The lowest BCUT2D eigenvalue weighted by molar-refractivity contribution is -0.157. The van der Waals surface area contributed by atoms with Crippen molar-refractivity contribution in [3.8, 4) is 0 Å². The van der Waals surface area contributed by atoms with Crippen LogP contribution in [-0.4, -0.2) is 41.8 Å². The number of hydrogen-bond acceptors (Lipinski definition) is 7. The van der Waals surface area contributed by atoms with Crippen molar-refractivity contribution in [3.05, 3.63) is 120 Å². The lowest BCUT2D eigenvalue weighted by Crippen LogP contribution is -2.33. The average Bonchev–Trinajstić information content (AvgIpc) is 3.26. The number of ether oxygens (including phenoxy) is 2. The van der Waals surface area contributed by atoms with Crippen LogP contribution in [0.4, 0.5) is 4.79 Å². The van der Waals surface area contributed by atoms with Gasteiger partial charge < -0.3 is 9.47 Å². The van der Waals surface area contributed by atoms with Gasteiger partial charge in [0.15, 0.2) is 0 Å². The van der Waals surface area contributed by atoms with Gasteiger partial charge in [-0.2, -0.15) is 0 Å². The molecule has 6 nitrogen and oxygen atoms in total. The zero-order chi connectivity index (χ0) is 25.9. The van der Waals surface area contributed by atoms with Crippen LogP contribution >= 0.6 is 21.6 Å². The molecule has 0 radical (unpaired) electrons. The number of benzene rings is 3. The van der Waals surface area contributed by atoms with Crippen molar-refractivity contribution in [1.29, 1.82) is 0 Å². The Hall–Kier alpha value is -3.20. The van der Waals surface area contributed by atoms with E-state index >= 15 is 0 Å². The lowest BCUT2D eigenvalue weighted by atomic mass is 9.80. The molecule has 1 saturated heterocycles. The third kappa shape index (κ3) is 6.77. The van der Waals surface area contributed by atoms with Crippen molar-refractivity contribution in [2.24, 2.45) is 0 Å². The van der Waals surface area contributed by atoms with Crippen LogP contribution in [0.2, 0.25) is 0 Å². The molecule has 1 amide bonds. The van der Waals surface area contributed by atoms with Gasteiger partial charge >= 0.3 is 6.16 Å². The second-order valence-electron chi connectivity index (χ2n) is 8.22. The number of nitrogens with zero attached hydrogens (tertiary/aromatic N) is 1. The van der Waals surface area contributed by atoms with Crippen molar-refractivity contribution >= 4 is 33.7 Å². The zero-order valence-corrected chi connectivity index (χ0v) is 22.0. The van der Waals surface area contributed by atoms with Crippen LogP contribution in [0.3, 0.4) is 0 Å². The summed E-state index contributed by atoms with van der Waals surface area (Å²) in [5.74, 6) is 1.03. The Morgan fingerprint density at radius 3 is 1.73 bits per heavy atom. The molecule has 0 spiro atoms. The van der Waals surface area contributed by atoms with Crippen LogP contribution in [0.5, 0.6) is 0 Å². The summed E-state index contributed by atoms with van der Waals surface area (Å²) < 4.78 is 11.8. The highest BCUT2D eigenvalue weighted by molar-refractivity contribution is 8.76. The molecule has 1 fully saturated rings. The van der Waals surface area contributed by atoms with E-state index in [1.165, 1.54) is 0 Å². The smallest absolute Gasteiger partial charge is 0.432 e. The maximum atomic E-state index is 11.8. The van der Waals surface area contributed by atoms with E-state index in [2.05, 4.69) is 43.0 Å². The fourth-order valence-corrected chi connectivity index (χ4v) is 5.78. The van der Waals surface area contributed by atoms with Gasteiger partial charge in [0.1, 0.15) is 12.2 Å². The first-order chi connectivity index (χ1) is 18.1. The number of amides is 1. The van der Waals surface area contributed by atoms with E-state index in [1.54, 1.807) is 21.6 Å². The summed E-state index contributed by atoms with van der Waals surface area (Å²) in [6.07, 6.45) is -0.120. The summed E-state index contributed by atoms with van der Waals surface area (Å²) in [6.45, 7) is 4.39. The van der Waals surface area contributed by atoms with E-state index < -0.39 is 11.8 Å². The molecular weight excluding hydrogens is 506 g/mol. The highest BCUT2D eigenvalue weighted by Crippen LogP contribution is 2.40. The van der Waals surface area contributed by atoms with E-state index in [1.807, 2.05) is 54.6 Å². The Morgan fingerprint density at radius 1 is 0.784 bits per heavy atom. The molecule has 0 atom stereocenters. The number of carbonyl (C=O) groups is 2. The first-order valence-electron chi connectivity index (χ1n) is 12.0. The molecule has 37 heavy (non-hydrogen) atoms. The predicted octanol–water partition coefficient (Wildman–Crippen LogP) is 6.58. The summed E-state index contributed by atoms with van der Waals surface area (Å²) in [7, 11) is 3.23. The van der Waals surface area contributed by atoms with Gasteiger partial charge in [-0.1, -0.05) is 119 Å². The summed E-state index contributed by atoms with van der Waals surface area (Å²) in [6, 6.07) is 30.8. The van der Waals surface area contributed by atoms with Crippen LogP contribution in [0.15, 0.2) is 103 Å². The van der Waals surface area contributed by atoms with Gasteiger partial charge in [0.2, 0.25) is 0 Å². The Labute approximate surface area is 225 Å². The molecule has 0 unspecified atom stereocenters. The van der Waals surface area contributed by atoms with Crippen LogP contribution in [0.1, 0.15) is 29.5 Å². The lowest BCUT2D eigenvalue weighted by Gasteiger charge is -2.36. The molecular formula is C29H29NO5S2. The number of allylic oxidation sites excluding steroid dienone is 1. The Kier molecular flexibility index (Phi) is 9.71. The highest BCUT2D eigenvalue weighted by atomic mass is 33.1. The fraction of sp³-hybridized carbons (Fsp3) is 0.241. The maximum absolute atomic E-state index is 11.8. The third-order valence-electron chi connectivity index (χ3n) is 5.80. The predicted molar refractivity (Wildman–Crippen MR) is 148 cm³/mol. The Balaban J connectivity index is 1.30. The van der Waals surface area contributed by atoms with Crippen molar-refractivity contribution in [1.82, 2.24) is 5.06 Å². The molecule has 3 aromatic carbocycles. The molecule has 192 valence electrons. The highest BCUT2D eigenvalue weighted by Gasteiger charge is 2.37. The van der Waals surface area contributed by atoms with Crippen molar-refractivity contribution in [3.63, 3.8) is 0 Å². The fourth-order valence-electron chi connectivity index (χ4n) is 4.12. The van der Waals surface area contributed by atoms with Crippen LogP contribution in [0, 0.1) is 0 Å². The van der Waals surface area contributed by atoms with Crippen molar-refractivity contribution in [2.75, 3.05) is 24.7 Å². The Bertz CT molecular complexity index is 1060. The molecule has 0 bridgehead atoms. The Morgan fingerprint density at radius 2 is 1.27 bits per heavy atom. The molecule has 0 N–H and O–H groups in total. The van der Waals surface area contributed by atoms with Gasteiger partial charge in [-0.25, -0.2) is 4.79 Å². The third-order valence-corrected chi connectivity index (χ3v) is 8.14. The van der Waals surface area contributed by atoms with Gasteiger partial charge in [0.05, 0.1) is 12.3 Å². The number of hydroxylamine groups is 2. The van der Waals surface area contributed by atoms with Crippen LogP contribution in [-0.2, 0) is 24.7 Å². The normalized spacial score (nSPS) is 13.6. The minimum Gasteiger partial charge on any atom is -0.432 e. The number of carbonyl (C=O) groups excluding carboxylic acids is 2. The molecule has 1 aliphatic heterocycles. The maximum Gasteiger partial charge on any atom is 0.533 e. The van der Waals surface area contributed by atoms with Crippen LogP contribution in [0.25, 0.3) is 0 Å². The second-order valence-corrected chi connectivity index (χ2v) is 10.9. The zero-order valence-electron chi connectivity index (χ0n) is 20.4. The largest absolute Gasteiger partial charge is 0.533 e. The topological polar surface area (TPSA) is 65.1 Å². The van der Waals surface area contributed by atoms with Gasteiger partial charge in [-0.05, 0) is 23.1 Å². The van der Waals surface area contributed by atoms with Gasteiger partial charge in [-0.15, -0.1) is 5.06 Å². The minimum absolute atomic E-state index is 0.174. The SMILES string of the molecule is C=C1CCC(=O)N1OC(=O)OCCSSCCOC(c1ccccc1)(c1ccccc1)c1ccccc1. The molecule has 0 aliphatic carbocycles. The van der Waals surface area contributed by atoms with Gasteiger partial charge in [0.25, 0.3) is 5.91 Å². The minimum atomic E-state index is -0.899. The van der Waals surface area contributed by atoms with Gasteiger partial charge in [0, 0.05) is 17.9 Å². The molecule has 1 aliphatic rings. The first-order valence-corrected chi connectivity index (χ1v) is 14.5. The monoisotopic (exact) mass is 535 g/mol. The van der Waals surface area contributed by atoms with E-state index in [0.717, 1.165) is 27.5 Å². The molecule has 1 heterocycles. The van der Waals surface area contributed by atoms with Crippen molar-refractivity contribution in [2.45, 2.75) is 18.4 Å². The summed E-state index contributed by atoms with van der Waals surface area (Å²) >= 11 is 0. The van der Waals surface area contributed by atoms with Crippen molar-refractivity contribution < 1.29 is 23.9 Å². The van der Waals surface area contributed by atoms with E-state index in [0.29, 0.717) is 30.9 Å². The molecule has 4 rings (SSSR count). The van der Waals surface area contributed by atoms with Gasteiger partial charge in [-0.3, -0.25) is 9.63 Å². The second kappa shape index (κ2) is 13.4. The quantitative estimate of drug-likeness (QED) is 0.112. The van der Waals surface area contributed by atoms with E-state index in [-0.39, 0.29) is 12.5 Å². The van der Waals surface area contributed by atoms with E-state index in [9.17, 15) is 9.59 Å². The summed E-state index contributed by atoms with van der Waals surface area (Å²) in [5, 5.41) is 0.917. The standard InChI is InChI=1S/C29H29NO5S2/c1-23-17-18-27(31)30(23)35-28(32)33-19-21-36-37-22-20-34-29(24-11-5-2-6-12-24,25-13-7-3-8-14-25)26-15-9-4-10-16-26/h2-16H,1,17-22H2. The first kappa shape index (κ1) is 26.9. The summed E-state index contributed by atoms with van der Waals surface area (Å²) in [5.41, 5.74) is 2.92. The molecule has 0 aromatic heterocycles. The number of hydrogen-bond donors (Lipinski definition) is 0. The molecule has 0 saturated carbocycles. The summed E-state index contributed by atoms with van der Waals surface area (Å²) in [4.78, 5) is 28.4. The average molecular weight is 536 g/mol. The molecule has 8 heteroatoms. The molecule has 3 aromatic rings. The number of rotatable bonds is 12. The van der Waals surface area contributed by atoms with Crippen LogP contribution < -0.4 is 0 Å².